The maximum absolute atomic E-state index is 6.16. The Morgan fingerprint density at radius 3 is 2.37 bits per heavy atom. The van der Waals surface area contributed by atoms with Crippen molar-refractivity contribution in [2.24, 2.45) is 5.73 Å². The van der Waals surface area contributed by atoms with Gasteiger partial charge in [0.2, 0.25) is 0 Å². The van der Waals surface area contributed by atoms with E-state index in [0.29, 0.717) is 11.9 Å². The minimum atomic E-state index is -0.296. The number of nitrogens with zero attached hydrogens (tertiary/aromatic N) is 2. The molecule has 1 aliphatic rings. The largest absolute Gasteiger partial charge is 0.490 e. The summed E-state index contributed by atoms with van der Waals surface area (Å²) in [5, 5.41) is 0. The van der Waals surface area contributed by atoms with Crippen molar-refractivity contribution in [3.8, 4) is 5.75 Å². The maximum Gasteiger partial charge on any atom is 0.149 e. The van der Waals surface area contributed by atoms with Gasteiger partial charge in [-0.2, -0.15) is 0 Å². The van der Waals surface area contributed by atoms with Crippen molar-refractivity contribution >= 4 is 0 Å². The fourth-order valence-electron chi connectivity index (χ4n) is 1.84. The van der Waals surface area contributed by atoms with Gasteiger partial charge >= 0.3 is 0 Å². The Labute approximate surface area is 112 Å². The van der Waals surface area contributed by atoms with E-state index in [1.807, 2.05) is 31.2 Å². The van der Waals surface area contributed by atoms with Crippen LogP contribution in [0.4, 0.5) is 0 Å². The van der Waals surface area contributed by atoms with E-state index >= 15 is 0 Å². The van der Waals surface area contributed by atoms with E-state index in [2.05, 4.69) is 9.97 Å². The van der Waals surface area contributed by atoms with Gasteiger partial charge < -0.3 is 10.5 Å². The lowest BCUT2D eigenvalue weighted by Crippen LogP contribution is -2.15. The van der Waals surface area contributed by atoms with E-state index in [1.54, 1.807) is 12.4 Å². The van der Waals surface area contributed by atoms with Crippen LogP contribution in [0, 0.1) is 6.92 Å². The fourth-order valence-corrected chi connectivity index (χ4v) is 1.84. The van der Waals surface area contributed by atoms with Crippen LogP contribution in [-0.2, 0) is 0 Å². The monoisotopic (exact) mass is 255 g/mol. The predicted octanol–water partition coefficient (Wildman–Crippen LogP) is 2.37. The molecule has 1 heterocycles. The van der Waals surface area contributed by atoms with Crippen molar-refractivity contribution in [2.75, 3.05) is 0 Å². The van der Waals surface area contributed by atoms with Crippen LogP contribution in [0.5, 0.6) is 5.75 Å². The molecule has 4 nitrogen and oxygen atoms in total. The Balaban J connectivity index is 1.75. The molecular weight excluding hydrogens is 238 g/mol. The first kappa shape index (κ1) is 12.1. The van der Waals surface area contributed by atoms with Gasteiger partial charge in [0.25, 0.3) is 0 Å². The third-order valence-corrected chi connectivity index (χ3v) is 3.15. The number of hydrogen-bond acceptors (Lipinski definition) is 4. The Hall–Kier alpha value is -1.94. The van der Waals surface area contributed by atoms with Crippen LogP contribution >= 0.6 is 0 Å². The van der Waals surface area contributed by atoms with E-state index in [-0.39, 0.29) is 6.04 Å². The first-order chi connectivity index (χ1) is 9.22. The molecule has 0 amide bonds. The zero-order chi connectivity index (χ0) is 13.2. The van der Waals surface area contributed by atoms with Crippen LogP contribution in [0.15, 0.2) is 36.7 Å². The number of benzene rings is 1. The molecule has 19 heavy (non-hydrogen) atoms. The lowest BCUT2D eigenvalue weighted by molar-refractivity contribution is 0.303. The second kappa shape index (κ2) is 4.97. The highest BCUT2D eigenvalue weighted by molar-refractivity contribution is 5.32. The number of aromatic nitrogens is 2. The van der Waals surface area contributed by atoms with E-state index in [4.69, 9.17) is 10.5 Å². The highest BCUT2D eigenvalue weighted by atomic mass is 16.5. The smallest absolute Gasteiger partial charge is 0.149 e. The molecule has 3 rings (SSSR count). The van der Waals surface area contributed by atoms with Crippen molar-refractivity contribution in [1.82, 2.24) is 9.97 Å². The second-order valence-corrected chi connectivity index (χ2v) is 4.98. The molecular formula is C15H17N3O. The van der Waals surface area contributed by atoms with Gasteiger partial charge in [-0.05, 0) is 43.0 Å². The summed E-state index contributed by atoms with van der Waals surface area (Å²) in [6.07, 6.45) is 6.32. The van der Waals surface area contributed by atoms with Crippen LogP contribution in [-0.4, -0.2) is 16.1 Å². The van der Waals surface area contributed by atoms with Gasteiger partial charge in [-0.1, -0.05) is 12.1 Å². The molecule has 1 aliphatic carbocycles. The van der Waals surface area contributed by atoms with Crippen LogP contribution in [0.1, 0.15) is 35.8 Å². The number of rotatable bonds is 4. The Morgan fingerprint density at radius 2 is 1.79 bits per heavy atom. The molecule has 2 N–H and O–H groups in total. The van der Waals surface area contributed by atoms with Crippen molar-refractivity contribution in [3.05, 3.63) is 53.6 Å². The number of ether oxygens (including phenoxy) is 1. The Bertz CT molecular complexity index is 547. The first-order valence-corrected chi connectivity index (χ1v) is 6.53. The molecule has 0 saturated heterocycles. The van der Waals surface area contributed by atoms with Crippen molar-refractivity contribution in [1.29, 1.82) is 0 Å². The second-order valence-electron chi connectivity index (χ2n) is 4.98. The fraction of sp³-hybridized carbons (Fsp3) is 0.333. The van der Waals surface area contributed by atoms with Crippen LogP contribution in [0.25, 0.3) is 0 Å². The summed E-state index contributed by atoms with van der Waals surface area (Å²) < 4.78 is 5.71. The number of aryl methyl sites for hydroxylation is 1. The molecule has 1 fully saturated rings. The van der Waals surface area contributed by atoms with Crippen LogP contribution in [0.2, 0.25) is 0 Å². The summed E-state index contributed by atoms with van der Waals surface area (Å²) >= 11 is 0. The predicted molar refractivity (Wildman–Crippen MR) is 72.9 cm³/mol. The zero-order valence-electron chi connectivity index (χ0n) is 10.9. The molecule has 1 unspecified atom stereocenters. The van der Waals surface area contributed by atoms with Gasteiger partial charge in [-0.25, -0.2) is 9.97 Å². The van der Waals surface area contributed by atoms with Gasteiger partial charge in [-0.15, -0.1) is 0 Å². The average Bonchev–Trinajstić information content (AvgIpc) is 3.24. The van der Waals surface area contributed by atoms with E-state index in [9.17, 15) is 0 Å². The van der Waals surface area contributed by atoms with Gasteiger partial charge in [0.1, 0.15) is 11.6 Å². The lowest BCUT2D eigenvalue weighted by Gasteiger charge is -2.11. The Kier molecular flexibility index (Phi) is 3.17. The van der Waals surface area contributed by atoms with E-state index in [0.717, 1.165) is 16.9 Å². The summed E-state index contributed by atoms with van der Waals surface area (Å²) in [5.41, 5.74) is 8.19. The van der Waals surface area contributed by atoms with Gasteiger partial charge in [0, 0.05) is 12.4 Å². The number of nitrogens with two attached hydrogens (primary N) is 1. The summed E-state index contributed by atoms with van der Waals surface area (Å²) in [6.45, 7) is 1.96. The van der Waals surface area contributed by atoms with Crippen molar-refractivity contribution in [3.63, 3.8) is 0 Å². The maximum atomic E-state index is 6.16. The Morgan fingerprint density at radius 1 is 1.16 bits per heavy atom. The summed E-state index contributed by atoms with van der Waals surface area (Å²) in [7, 11) is 0. The molecule has 4 heteroatoms. The highest BCUT2D eigenvalue weighted by Gasteiger charge is 2.23. The lowest BCUT2D eigenvalue weighted by atomic mass is 10.1. The minimum Gasteiger partial charge on any atom is -0.490 e. The molecule has 1 saturated carbocycles. The normalized spacial score (nSPS) is 16.1. The molecule has 1 aromatic carbocycles. The first-order valence-electron chi connectivity index (χ1n) is 6.53. The van der Waals surface area contributed by atoms with E-state index in [1.165, 1.54) is 12.8 Å². The van der Waals surface area contributed by atoms with Crippen molar-refractivity contribution < 1.29 is 4.74 Å². The highest BCUT2D eigenvalue weighted by Crippen LogP contribution is 2.27. The van der Waals surface area contributed by atoms with Crippen LogP contribution in [0.3, 0.4) is 0 Å². The molecule has 98 valence electrons. The molecule has 0 spiro atoms. The third-order valence-electron chi connectivity index (χ3n) is 3.15. The topological polar surface area (TPSA) is 61.0 Å². The molecule has 0 bridgehead atoms. The molecule has 1 aromatic heterocycles. The minimum absolute atomic E-state index is 0.296. The average molecular weight is 255 g/mol. The molecule has 2 aromatic rings. The summed E-state index contributed by atoms with van der Waals surface area (Å²) in [6, 6.07) is 7.58. The van der Waals surface area contributed by atoms with E-state index < -0.39 is 0 Å². The summed E-state index contributed by atoms with van der Waals surface area (Å²) in [5.74, 6) is 1.55. The van der Waals surface area contributed by atoms with Gasteiger partial charge in [0.15, 0.2) is 0 Å². The van der Waals surface area contributed by atoms with Gasteiger partial charge in [0.05, 0.1) is 12.1 Å². The molecule has 0 aliphatic heterocycles. The third kappa shape index (κ3) is 2.90. The van der Waals surface area contributed by atoms with Crippen molar-refractivity contribution in [2.45, 2.75) is 31.9 Å². The molecule has 0 radical (unpaired) electrons. The SMILES string of the molecule is Cc1cnc(C(N)c2ccc(OC3CC3)cc2)nc1. The van der Waals surface area contributed by atoms with Gasteiger partial charge in [-0.3, -0.25) is 0 Å². The molecule has 1 atom stereocenters. The number of hydrogen-bond donors (Lipinski definition) is 1. The zero-order valence-corrected chi connectivity index (χ0v) is 10.9. The quantitative estimate of drug-likeness (QED) is 0.911. The standard InChI is InChI=1S/C15H17N3O/c1-10-8-17-15(18-9-10)14(16)11-2-4-12(5-3-11)19-13-6-7-13/h2-5,8-9,13-14H,6-7,16H2,1H3. The summed E-state index contributed by atoms with van der Waals surface area (Å²) in [4.78, 5) is 8.54. The van der Waals surface area contributed by atoms with Crippen LogP contribution < -0.4 is 10.5 Å².